The average Bonchev–Trinajstić information content (AvgIpc) is 2.68. The van der Waals surface area contributed by atoms with Gasteiger partial charge in [-0.05, 0) is 38.5 Å². The second-order valence-electron chi connectivity index (χ2n) is 7.00. The van der Waals surface area contributed by atoms with Gasteiger partial charge >= 0.3 is 6.03 Å². The van der Waals surface area contributed by atoms with Crippen LogP contribution in [-0.2, 0) is 0 Å². The largest absolute Gasteiger partial charge is 0.322 e. The number of carbonyl (C=O) groups excluding carboxylic acids is 1. The van der Waals surface area contributed by atoms with Crippen molar-refractivity contribution in [3.63, 3.8) is 0 Å². The molecule has 3 nitrogen and oxygen atoms in total. The van der Waals surface area contributed by atoms with Crippen LogP contribution in [0.1, 0.15) is 59.8 Å². The van der Waals surface area contributed by atoms with Crippen molar-refractivity contribution in [2.24, 2.45) is 11.8 Å². The van der Waals surface area contributed by atoms with E-state index in [4.69, 9.17) is 0 Å². The van der Waals surface area contributed by atoms with Crippen molar-refractivity contribution >= 4 is 6.03 Å². The average molecular weight is 266 g/mol. The molecule has 0 aromatic heterocycles. The van der Waals surface area contributed by atoms with Crippen molar-refractivity contribution in [1.29, 1.82) is 0 Å². The van der Waals surface area contributed by atoms with Gasteiger partial charge < -0.3 is 9.80 Å². The van der Waals surface area contributed by atoms with Crippen molar-refractivity contribution in [3.8, 4) is 0 Å². The summed E-state index contributed by atoms with van der Waals surface area (Å²) in [5.74, 6) is 1.29. The normalized spacial score (nSPS) is 26.0. The maximum absolute atomic E-state index is 12.6. The maximum Gasteiger partial charge on any atom is 0.320 e. The third-order valence-corrected chi connectivity index (χ3v) is 4.79. The predicted octanol–water partition coefficient (Wildman–Crippen LogP) is 3.74. The van der Waals surface area contributed by atoms with E-state index in [9.17, 15) is 4.79 Å². The number of amides is 2. The fourth-order valence-corrected chi connectivity index (χ4v) is 3.67. The summed E-state index contributed by atoms with van der Waals surface area (Å²) in [6.45, 7) is 10.7. The van der Waals surface area contributed by atoms with E-state index in [0.717, 1.165) is 19.0 Å². The number of hydrogen-bond donors (Lipinski definition) is 0. The van der Waals surface area contributed by atoms with Crippen LogP contribution >= 0.6 is 0 Å². The Balaban J connectivity index is 2.00. The number of nitrogens with zero attached hydrogens (tertiary/aromatic N) is 2. The van der Waals surface area contributed by atoms with Crippen LogP contribution < -0.4 is 0 Å². The Kier molecular flexibility index (Phi) is 4.75. The molecule has 1 aliphatic carbocycles. The lowest BCUT2D eigenvalue weighted by atomic mass is 9.89. The van der Waals surface area contributed by atoms with Gasteiger partial charge in [-0.15, -0.1) is 0 Å². The molecule has 110 valence electrons. The Morgan fingerprint density at radius 1 is 1.11 bits per heavy atom. The summed E-state index contributed by atoms with van der Waals surface area (Å²) in [6.07, 6.45) is 6.73. The molecular weight excluding hydrogens is 236 g/mol. The van der Waals surface area contributed by atoms with E-state index in [2.05, 4.69) is 37.5 Å². The van der Waals surface area contributed by atoms with Crippen LogP contribution in [0.25, 0.3) is 0 Å². The summed E-state index contributed by atoms with van der Waals surface area (Å²) < 4.78 is 0. The van der Waals surface area contributed by atoms with Crippen LogP contribution in [0.3, 0.4) is 0 Å². The number of hydrogen-bond acceptors (Lipinski definition) is 1. The van der Waals surface area contributed by atoms with Gasteiger partial charge in [0, 0.05) is 19.1 Å². The minimum atomic E-state index is 0.277. The van der Waals surface area contributed by atoms with Crippen molar-refractivity contribution in [3.05, 3.63) is 0 Å². The molecule has 0 spiro atoms. The van der Waals surface area contributed by atoms with Crippen LogP contribution in [0.5, 0.6) is 0 Å². The van der Waals surface area contributed by atoms with Gasteiger partial charge in [0.25, 0.3) is 0 Å². The molecule has 0 aromatic rings. The number of urea groups is 1. The van der Waals surface area contributed by atoms with Crippen molar-refractivity contribution in [2.45, 2.75) is 71.9 Å². The van der Waals surface area contributed by atoms with Crippen molar-refractivity contribution < 1.29 is 4.79 Å². The zero-order valence-electron chi connectivity index (χ0n) is 13.1. The van der Waals surface area contributed by atoms with Crippen LogP contribution in [0.15, 0.2) is 0 Å². The Hall–Kier alpha value is -0.730. The van der Waals surface area contributed by atoms with E-state index in [1.165, 1.54) is 32.1 Å². The highest BCUT2D eigenvalue weighted by atomic mass is 16.2. The SMILES string of the molecule is CC(C)C1CN(CC2CCCCC2)C(=O)N1C(C)C. The monoisotopic (exact) mass is 266 g/mol. The molecule has 1 atom stereocenters. The first kappa shape index (κ1) is 14.7. The van der Waals surface area contributed by atoms with Gasteiger partial charge in [-0.2, -0.15) is 0 Å². The van der Waals surface area contributed by atoms with Crippen LogP contribution in [0, 0.1) is 11.8 Å². The summed E-state index contributed by atoms with van der Waals surface area (Å²) in [5.41, 5.74) is 0. The molecule has 1 saturated carbocycles. The number of rotatable bonds is 4. The lowest BCUT2D eigenvalue weighted by Gasteiger charge is -2.29. The molecule has 1 saturated heterocycles. The summed E-state index contributed by atoms with van der Waals surface area (Å²) in [4.78, 5) is 16.8. The van der Waals surface area contributed by atoms with E-state index in [1.807, 2.05) is 0 Å². The molecule has 0 bridgehead atoms. The molecule has 1 unspecified atom stereocenters. The summed E-state index contributed by atoms with van der Waals surface area (Å²) in [7, 11) is 0. The topological polar surface area (TPSA) is 23.6 Å². The second kappa shape index (κ2) is 6.15. The second-order valence-corrected chi connectivity index (χ2v) is 7.00. The third-order valence-electron chi connectivity index (χ3n) is 4.79. The van der Waals surface area contributed by atoms with Crippen LogP contribution in [-0.4, -0.2) is 41.0 Å². The van der Waals surface area contributed by atoms with E-state index in [-0.39, 0.29) is 6.03 Å². The Labute approximate surface area is 118 Å². The lowest BCUT2D eigenvalue weighted by Crippen LogP contribution is -2.42. The molecule has 2 rings (SSSR count). The summed E-state index contributed by atoms with van der Waals surface area (Å²) in [6, 6.07) is 0.992. The van der Waals surface area contributed by atoms with Crippen molar-refractivity contribution in [1.82, 2.24) is 9.80 Å². The molecule has 1 aliphatic heterocycles. The molecule has 2 amide bonds. The van der Waals surface area contributed by atoms with Gasteiger partial charge in [0.1, 0.15) is 0 Å². The fourth-order valence-electron chi connectivity index (χ4n) is 3.67. The molecule has 1 heterocycles. The van der Waals surface area contributed by atoms with Crippen molar-refractivity contribution in [2.75, 3.05) is 13.1 Å². The molecule has 0 radical (unpaired) electrons. The lowest BCUT2D eigenvalue weighted by molar-refractivity contribution is 0.158. The Morgan fingerprint density at radius 2 is 1.74 bits per heavy atom. The standard InChI is InChI=1S/C16H30N2O/c1-12(2)15-11-17(16(19)18(15)13(3)4)10-14-8-6-5-7-9-14/h12-15H,5-11H2,1-4H3. The zero-order chi connectivity index (χ0) is 14.0. The smallest absolute Gasteiger partial charge is 0.320 e. The zero-order valence-corrected chi connectivity index (χ0v) is 13.1. The molecular formula is C16H30N2O. The maximum atomic E-state index is 12.6. The molecule has 3 heteroatoms. The minimum Gasteiger partial charge on any atom is -0.322 e. The van der Waals surface area contributed by atoms with Gasteiger partial charge in [0.2, 0.25) is 0 Å². The highest BCUT2D eigenvalue weighted by Gasteiger charge is 2.40. The number of carbonyl (C=O) groups is 1. The highest BCUT2D eigenvalue weighted by Crippen LogP contribution is 2.29. The molecule has 0 aromatic carbocycles. The first-order chi connectivity index (χ1) is 9.00. The summed E-state index contributed by atoms with van der Waals surface area (Å²) in [5, 5.41) is 0. The molecule has 2 fully saturated rings. The Bertz CT molecular complexity index is 308. The van der Waals surface area contributed by atoms with Gasteiger partial charge in [0.05, 0.1) is 6.04 Å². The molecule has 0 N–H and O–H groups in total. The van der Waals surface area contributed by atoms with Crippen LogP contribution in [0.2, 0.25) is 0 Å². The van der Waals surface area contributed by atoms with Gasteiger partial charge in [-0.3, -0.25) is 0 Å². The Morgan fingerprint density at radius 3 is 2.21 bits per heavy atom. The van der Waals surface area contributed by atoms with Gasteiger partial charge in [0.15, 0.2) is 0 Å². The first-order valence-electron chi connectivity index (χ1n) is 8.08. The van der Waals surface area contributed by atoms with E-state index in [0.29, 0.717) is 18.0 Å². The quantitative estimate of drug-likeness (QED) is 0.760. The highest BCUT2D eigenvalue weighted by molar-refractivity contribution is 5.77. The van der Waals surface area contributed by atoms with Gasteiger partial charge in [-0.1, -0.05) is 33.1 Å². The fraction of sp³-hybridized carbons (Fsp3) is 0.938. The minimum absolute atomic E-state index is 0.277. The molecule has 19 heavy (non-hydrogen) atoms. The van der Waals surface area contributed by atoms with E-state index >= 15 is 0 Å². The third kappa shape index (κ3) is 3.24. The predicted molar refractivity (Wildman–Crippen MR) is 79.1 cm³/mol. The first-order valence-corrected chi connectivity index (χ1v) is 8.08. The van der Waals surface area contributed by atoms with E-state index < -0.39 is 0 Å². The molecule has 2 aliphatic rings. The van der Waals surface area contributed by atoms with Gasteiger partial charge in [-0.25, -0.2) is 4.79 Å². The summed E-state index contributed by atoms with van der Waals surface area (Å²) >= 11 is 0. The van der Waals surface area contributed by atoms with E-state index in [1.54, 1.807) is 0 Å². The van der Waals surface area contributed by atoms with Crippen LogP contribution in [0.4, 0.5) is 4.79 Å².